The molecule has 1 aliphatic heterocycles. The Morgan fingerprint density at radius 1 is 1.52 bits per heavy atom. The molecule has 0 aromatic carbocycles. The van der Waals surface area contributed by atoms with Crippen LogP contribution in [0.15, 0.2) is 29.9 Å². The van der Waals surface area contributed by atoms with Gasteiger partial charge in [0.05, 0.1) is 12.3 Å². The van der Waals surface area contributed by atoms with Crippen molar-refractivity contribution in [1.82, 2.24) is 14.7 Å². The van der Waals surface area contributed by atoms with Crippen LogP contribution in [-0.2, 0) is 13.1 Å². The van der Waals surface area contributed by atoms with Crippen molar-refractivity contribution in [3.8, 4) is 0 Å². The summed E-state index contributed by atoms with van der Waals surface area (Å²) >= 11 is 1.64. The normalized spacial score (nSPS) is 21.0. The van der Waals surface area contributed by atoms with Crippen LogP contribution in [0.25, 0.3) is 0 Å². The van der Waals surface area contributed by atoms with Gasteiger partial charge in [-0.2, -0.15) is 5.10 Å². The summed E-state index contributed by atoms with van der Waals surface area (Å²) in [5.41, 5.74) is 1.27. The number of rotatable bonds is 6. The van der Waals surface area contributed by atoms with E-state index in [-0.39, 0.29) is 6.10 Å². The van der Waals surface area contributed by atoms with Crippen LogP contribution in [0.5, 0.6) is 0 Å². The van der Waals surface area contributed by atoms with E-state index in [1.807, 2.05) is 28.4 Å². The van der Waals surface area contributed by atoms with Crippen LogP contribution < -0.4 is 0 Å². The van der Waals surface area contributed by atoms with Gasteiger partial charge in [0.15, 0.2) is 0 Å². The Bertz CT molecular complexity index is 552. The van der Waals surface area contributed by atoms with Crippen molar-refractivity contribution in [2.45, 2.75) is 51.4 Å². The molecule has 2 atom stereocenters. The molecule has 0 radical (unpaired) electrons. The maximum absolute atomic E-state index is 10.4. The van der Waals surface area contributed by atoms with Crippen LogP contribution in [0, 0.1) is 0 Å². The summed E-state index contributed by atoms with van der Waals surface area (Å²) in [6, 6.07) is 4.52. The minimum absolute atomic E-state index is 0.325. The fourth-order valence-electron chi connectivity index (χ4n) is 3.12. The lowest BCUT2D eigenvalue weighted by atomic mass is 10.1. The molecule has 2 unspecified atom stereocenters. The zero-order valence-corrected chi connectivity index (χ0v) is 13.3. The largest absolute Gasteiger partial charge is 0.388 e. The van der Waals surface area contributed by atoms with Crippen molar-refractivity contribution in [3.05, 3.63) is 40.3 Å². The highest BCUT2D eigenvalue weighted by atomic mass is 32.1. The van der Waals surface area contributed by atoms with Gasteiger partial charge in [0.2, 0.25) is 0 Å². The number of aliphatic hydroxyl groups excluding tert-OH is 1. The highest BCUT2D eigenvalue weighted by Crippen LogP contribution is 2.30. The Kier molecular flexibility index (Phi) is 4.73. The van der Waals surface area contributed by atoms with Crippen molar-refractivity contribution < 1.29 is 5.11 Å². The van der Waals surface area contributed by atoms with E-state index in [1.165, 1.54) is 18.4 Å². The maximum atomic E-state index is 10.4. The minimum Gasteiger partial charge on any atom is -0.388 e. The zero-order valence-electron chi connectivity index (χ0n) is 12.5. The zero-order chi connectivity index (χ0) is 14.7. The van der Waals surface area contributed by atoms with E-state index in [4.69, 9.17) is 0 Å². The molecular weight excluding hydrogens is 282 g/mol. The number of hydrogen-bond acceptors (Lipinski definition) is 4. The first kappa shape index (κ1) is 14.8. The van der Waals surface area contributed by atoms with Crippen molar-refractivity contribution in [1.29, 1.82) is 0 Å². The van der Waals surface area contributed by atoms with Gasteiger partial charge in [0.25, 0.3) is 0 Å². The van der Waals surface area contributed by atoms with E-state index < -0.39 is 0 Å². The van der Waals surface area contributed by atoms with E-state index in [1.54, 1.807) is 11.3 Å². The number of thiophene rings is 1. The Balaban J connectivity index is 1.60. The van der Waals surface area contributed by atoms with Gasteiger partial charge in [-0.15, -0.1) is 11.3 Å². The van der Waals surface area contributed by atoms with E-state index in [0.29, 0.717) is 6.04 Å². The quantitative estimate of drug-likeness (QED) is 0.892. The first-order valence-electron chi connectivity index (χ1n) is 7.73. The molecule has 2 aromatic heterocycles. The highest BCUT2D eigenvalue weighted by molar-refractivity contribution is 7.10. The first-order chi connectivity index (χ1) is 10.3. The third-order valence-electron chi connectivity index (χ3n) is 4.26. The van der Waals surface area contributed by atoms with Gasteiger partial charge < -0.3 is 5.11 Å². The molecule has 0 aliphatic carbocycles. The summed E-state index contributed by atoms with van der Waals surface area (Å²) < 4.78 is 1.97. The van der Waals surface area contributed by atoms with Crippen LogP contribution in [0.3, 0.4) is 0 Å². The predicted molar refractivity (Wildman–Crippen MR) is 85.2 cm³/mol. The maximum Gasteiger partial charge on any atom is 0.0896 e. The molecule has 0 saturated carbocycles. The highest BCUT2D eigenvalue weighted by Gasteiger charge is 2.27. The standard InChI is InChI=1S/C16H23N3OS/c1-2-19-12-13(10-17-19)11-18-7-3-5-14(18)9-15(20)16-6-4-8-21-16/h4,6,8,10,12,14-15,20H,2-3,5,7,9,11H2,1H3. The molecule has 0 bridgehead atoms. The van der Waals surface area contributed by atoms with Crippen LogP contribution in [0.1, 0.15) is 42.7 Å². The van der Waals surface area contributed by atoms with Crippen LogP contribution >= 0.6 is 11.3 Å². The summed E-state index contributed by atoms with van der Waals surface area (Å²) in [6.45, 7) is 5.09. The van der Waals surface area contributed by atoms with E-state index in [2.05, 4.69) is 23.1 Å². The number of nitrogens with zero attached hydrogens (tertiary/aromatic N) is 3. The van der Waals surface area contributed by atoms with Gasteiger partial charge in [0, 0.05) is 35.8 Å². The topological polar surface area (TPSA) is 41.3 Å². The molecule has 114 valence electrons. The average Bonchev–Trinajstić information content (AvgIpc) is 3.21. The second kappa shape index (κ2) is 6.73. The Labute approximate surface area is 130 Å². The summed E-state index contributed by atoms with van der Waals surface area (Å²) in [5, 5.41) is 16.7. The summed E-state index contributed by atoms with van der Waals surface area (Å²) in [5.74, 6) is 0. The molecule has 1 N–H and O–H groups in total. The summed E-state index contributed by atoms with van der Waals surface area (Å²) in [7, 11) is 0. The molecular formula is C16H23N3OS. The first-order valence-corrected chi connectivity index (χ1v) is 8.61. The fourth-order valence-corrected chi connectivity index (χ4v) is 3.85. The smallest absolute Gasteiger partial charge is 0.0896 e. The molecule has 1 fully saturated rings. The average molecular weight is 305 g/mol. The number of aromatic nitrogens is 2. The van der Waals surface area contributed by atoms with Gasteiger partial charge >= 0.3 is 0 Å². The van der Waals surface area contributed by atoms with Crippen molar-refractivity contribution in [2.75, 3.05) is 6.54 Å². The van der Waals surface area contributed by atoms with Gasteiger partial charge in [-0.25, -0.2) is 0 Å². The molecule has 2 aromatic rings. The molecule has 21 heavy (non-hydrogen) atoms. The molecule has 4 nitrogen and oxygen atoms in total. The molecule has 3 rings (SSSR count). The van der Waals surface area contributed by atoms with Crippen molar-refractivity contribution >= 4 is 11.3 Å². The summed E-state index contributed by atoms with van der Waals surface area (Å²) in [4.78, 5) is 3.58. The lowest BCUT2D eigenvalue weighted by molar-refractivity contribution is 0.120. The predicted octanol–water partition coefficient (Wildman–Crippen LogP) is 3.05. The third kappa shape index (κ3) is 3.54. The Morgan fingerprint density at radius 2 is 2.43 bits per heavy atom. The van der Waals surface area contributed by atoms with E-state index in [0.717, 1.165) is 30.9 Å². The van der Waals surface area contributed by atoms with Gasteiger partial charge in [-0.1, -0.05) is 6.07 Å². The Hall–Kier alpha value is -1.17. The van der Waals surface area contributed by atoms with Crippen LogP contribution in [0.2, 0.25) is 0 Å². The number of likely N-dealkylation sites (tertiary alicyclic amines) is 1. The lowest BCUT2D eigenvalue weighted by Crippen LogP contribution is -2.30. The molecule has 3 heterocycles. The van der Waals surface area contributed by atoms with Gasteiger partial charge in [0.1, 0.15) is 0 Å². The molecule has 0 amide bonds. The molecule has 5 heteroatoms. The number of aryl methyl sites for hydroxylation is 1. The van der Waals surface area contributed by atoms with Crippen molar-refractivity contribution in [3.63, 3.8) is 0 Å². The van der Waals surface area contributed by atoms with Gasteiger partial charge in [-0.05, 0) is 44.2 Å². The SMILES string of the molecule is CCn1cc(CN2CCCC2CC(O)c2cccs2)cn1. The number of aliphatic hydroxyl groups is 1. The molecule has 1 saturated heterocycles. The number of hydrogen-bond donors (Lipinski definition) is 1. The van der Waals surface area contributed by atoms with E-state index in [9.17, 15) is 5.11 Å². The lowest BCUT2D eigenvalue weighted by Gasteiger charge is -2.25. The monoisotopic (exact) mass is 305 g/mol. The second-order valence-corrected chi connectivity index (χ2v) is 6.72. The third-order valence-corrected chi connectivity index (χ3v) is 5.24. The van der Waals surface area contributed by atoms with Crippen LogP contribution in [-0.4, -0.2) is 32.4 Å². The molecule has 1 aliphatic rings. The van der Waals surface area contributed by atoms with Crippen LogP contribution in [0.4, 0.5) is 0 Å². The van der Waals surface area contributed by atoms with Crippen molar-refractivity contribution in [2.24, 2.45) is 0 Å². The second-order valence-electron chi connectivity index (χ2n) is 5.74. The minimum atomic E-state index is -0.325. The van der Waals surface area contributed by atoms with E-state index >= 15 is 0 Å². The fraction of sp³-hybridized carbons (Fsp3) is 0.562. The summed E-state index contributed by atoms with van der Waals surface area (Å²) in [6.07, 6.45) is 7.02. The molecule has 0 spiro atoms. The Morgan fingerprint density at radius 3 is 3.14 bits per heavy atom. The van der Waals surface area contributed by atoms with Gasteiger partial charge in [-0.3, -0.25) is 9.58 Å².